The Bertz CT molecular complexity index is 271. The van der Waals surface area contributed by atoms with E-state index in [-0.39, 0.29) is 17.4 Å². The Balaban J connectivity index is 4.20. The number of carbonyl (C=O) groups excluding carboxylic acids is 1. The molecule has 0 aliphatic rings. The van der Waals surface area contributed by atoms with Crippen LogP contribution in [0.4, 0.5) is 0 Å². The molecule has 4 heteroatoms. The van der Waals surface area contributed by atoms with Gasteiger partial charge in [-0.25, -0.2) is 0 Å². The van der Waals surface area contributed by atoms with Gasteiger partial charge < -0.3 is 11.1 Å². The first-order valence-electron chi connectivity index (χ1n) is 6.24. The van der Waals surface area contributed by atoms with Gasteiger partial charge in [0.2, 0.25) is 5.91 Å². The Kier molecular flexibility index (Phi) is 6.68. The molecule has 3 nitrogen and oxygen atoms in total. The molecule has 1 amide bonds. The summed E-state index contributed by atoms with van der Waals surface area (Å²) in [6.07, 6.45) is 1.99. The number of nitrogens with two attached hydrogens (primary N) is 1. The van der Waals surface area contributed by atoms with Gasteiger partial charge in [-0.15, -0.1) is 0 Å². The zero-order chi connectivity index (χ0) is 13.6. The number of rotatable bonds is 6. The summed E-state index contributed by atoms with van der Waals surface area (Å²) in [5.74, 6) is 0.445. The molecule has 17 heavy (non-hydrogen) atoms. The lowest BCUT2D eigenvalue weighted by Gasteiger charge is -2.27. The number of nitrogens with one attached hydrogen (secondary N) is 1. The van der Waals surface area contributed by atoms with Gasteiger partial charge in [-0.1, -0.05) is 46.8 Å². The summed E-state index contributed by atoms with van der Waals surface area (Å²) in [6, 6.07) is 0.0761. The van der Waals surface area contributed by atoms with Crippen molar-refractivity contribution < 1.29 is 4.79 Å². The molecule has 0 bridgehead atoms. The van der Waals surface area contributed by atoms with E-state index in [9.17, 15) is 4.79 Å². The smallest absolute Gasteiger partial charge is 0.220 e. The van der Waals surface area contributed by atoms with Crippen molar-refractivity contribution in [2.45, 2.75) is 59.9 Å². The van der Waals surface area contributed by atoms with Gasteiger partial charge in [0, 0.05) is 18.9 Å². The maximum Gasteiger partial charge on any atom is 0.220 e. The van der Waals surface area contributed by atoms with Crippen LogP contribution in [0.5, 0.6) is 0 Å². The maximum absolute atomic E-state index is 11.9. The fourth-order valence-electron chi connectivity index (χ4n) is 1.41. The second-order valence-electron chi connectivity index (χ2n) is 5.81. The molecule has 0 aliphatic carbocycles. The first-order chi connectivity index (χ1) is 7.66. The molecule has 0 fully saturated rings. The SMILES string of the molecule is CCC(CC(N)=S)NC(=O)CC(C)C(C)(C)C. The van der Waals surface area contributed by atoms with E-state index in [2.05, 4.69) is 33.0 Å². The van der Waals surface area contributed by atoms with E-state index in [1.807, 2.05) is 6.92 Å². The van der Waals surface area contributed by atoms with Crippen LogP contribution in [0.25, 0.3) is 0 Å². The van der Waals surface area contributed by atoms with E-state index >= 15 is 0 Å². The summed E-state index contributed by atoms with van der Waals surface area (Å²) in [4.78, 5) is 12.3. The molecule has 2 atom stereocenters. The molecule has 2 unspecified atom stereocenters. The molecule has 0 aromatic carbocycles. The third kappa shape index (κ3) is 7.31. The van der Waals surface area contributed by atoms with Gasteiger partial charge in [-0.3, -0.25) is 4.79 Å². The summed E-state index contributed by atoms with van der Waals surface area (Å²) in [7, 11) is 0. The Hall–Kier alpha value is -0.640. The van der Waals surface area contributed by atoms with E-state index < -0.39 is 0 Å². The molecular weight excluding hydrogens is 232 g/mol. The summed E-state index contributed by atoms with van der Waals surface area (Å²) < 4.78 is 0. The predicted octanol–water partition coefficient (Wildman–Crippen LogP) is 2.63. The standard InChI is InChI=1S/C13H26N2OS/c1-6-10(8-11(14)17)15-12(16)7-9(2)13(3,4)5/h9-10H,6-8H2,1-5H3,(H2,14,17)(H,15,16). The topological polar surface area (TPSA) is 55.1 Å². The highest BCUT2D eigenvalue weighted by atomic mass is 32.1. The molecule has 0 aromatic rings. The molecule has 0 aliphatic heterocycles. The van der Waals surface area contributed by atoms with Crippen LogP contribution >= 0.6 is 12.2 Å². The van der Waals surface area contributed by atoms with Gasteiger partial charge in [0.25, 0.3) is 0 Å². The largest absolute Gasteiger partial charge is 0.393 e. The van der Waals surface area contributed by atoms with E-state index in [0.717, 1.165) is 6.42 Å². The molecule has 0 saturated heterocycles. The van der Waals surface area contributed by atoms with Crippen molar-refractivity contribution in [3.8, 4) is 0 Å². The average molecular weight is 258 g/mol. The number of hydrogen-bond acceptors (Lipinski definition) is 2. The Labute approximate surface area is 111 Å². The van der Waals surface area contributed by atoms with E-state index in [1.54, 1.807) is 0 Å². The lowest BCUT2D eigenvalue weighted by atomic mass is 9.80. The molecule has 0 spiro atoms. The van der Waals surface area contributed by atoms with Crippen LogP contribution in [0.15, 0.2) is 0 Å². The van der Waals surface area contributed by atoms with Crippen LogP contribution in [0.1, 0.15) is 53.9 Å². The highest BCUT2D eigenvalue weighted by Crippen LogP contribution is 2.27. The van der Waals surface area contributed by atoms with Gasteiger partial charge in [-0.05, 0) is 17.8 Å². The first kappa shape index (κ1) is 16.4. The minimum atomic E-state index is 0.0761. The fraction of sp³-hybridized carbons (Fsp3) is 0.846. The number of hydrogen-bond donors (Lipinski definition) is 2. The molecule has 100 valence electrons. The van der Waals surface area contributed by atoms with Crippen LogP contribution < -0.4 is 11.1 Å². The first-order valence-corrected chi connectivity index (χ1v) is 6.65. The minimum absolute atomic E-state index is 0.0761. The summed E-state index contributed by atoms with van der Waals surface area (Å²) in [6.45, 7) is 10.6. The number of thiocarbonyl (C=S) groups is 1. The zero-order valence-electron chi connectivity index (χ0n) is 11.7. The van der Waals surface area contributed by atoms with Crippen LogP contribution in [-0.4, -0.2) is 16.9 Å². The van der Waals surface area contributed by atoms with Crippen molar-refractivity contribution in [3.63, 3.8) is 0 Å². The molecule has 0 heterocycles. The molecule has 0 aromatic heterocycles. The summed E-state index contributed by atoms with van der Waals surface area (Å²) in [5.41, 5.74) is 5.65. The van der Waals surface area contributed by atoms with Gasteiger partial charge in [0.05, 0.1) is 4.99 Å². The lowest BCUT2D eigenvalue weighted by Crippen LogP contribution is -2.38. The van der Waals surface area contributed by atoms with Crippen LogP contribution in [0.2, 0.25) is 0 Å². The summed E-state index contributed by atoms with van der Waals surface area (Å²) >= 11 is 4.86. The van der Waals surface area contributed by atoms with Crippen molar-refractivity contribution in [1.29, 1.82) is 0 Å². The van der Waals surface area contributed by atoms with Crippen LogP contribution in [0, 0.1) is 11.3 Å². The Morgan fingerprint density at radius 3 is 2.24 bits per heavy atom. The van der Waals surface area contributed by atoms with E-state index in [1.165, 1.54) is 0 Å². The Morgan fingerprint density at radius 1 is 1.35 bits per heavy atom. The van der Waals surface area contributed by atoms with Crippen molar-refractivity contribution in [2.24, 2.45) is 17.1 Å². The molecule has 3 N–H and O–H groups in total. The minimum Gasteiger partial charge on any atom is -0.393 e. The van der Waals surface area contributed by atoms with Crippen LogP contribution in [-0.2, 0) is 4.79 Å². The van der Waals surface area contributed by atoms with Gasteiger partial charge in [-0.2, -0.15) is 0 Å². The summed E-state index contributed by atoms with van der Waals surface area (Å²) in [5, 5.41) is 2.99. The van der Waals surface area contributed by atoms with E-state index in [4.69, 9.17) is 18.0 Å². The molecule has 0 radical (unpaired) electrons. The second-order valence-corrected chi connectivity index (χ2v) is 6.34. The van der Waals surface area contributed by atoms with Gasteiger partial charge >= 0.3 is 0 Å². The van der Waals surface area contributed by atoms with Crippen molar-refractivity contribution >= 4 is 23.1 Å². The average Bonchev–Trinajstić information content (AvgIpc) is 2.14. The highest BCUT2D eigenvalue weighted by Gasteiger charge is 2.23. The van der Waals surface area contributed by atoms with Gasteiger partial charge in [0.15, 0.2) is 0 Å². The molecule has 0 saturated carbocycles. The predicted molar refractivity (Wildman–Crippen MR) is 76.9 cm³/mol. The zero-order valence-corrected chi connectivity index (χ0v) is 12.5. The Morgan fingerprint density at radius 2 is 1.88 bits per heavy atom. The van der Waals surface area contributed by atoms with Crippen molar-refractivity contribution in [3.05, 3.63) is 0 Å². The third-order valence-electron chi connectivity index (χ3n) is 3.28. The third-order valence-corrected chi connectivity index (χ3v) is 3.44. The number of amides is 1. The maximum atomic E-state index is 11.9. The quantitative estimate of drug-likeness (QED) is 0.720. The second kappa shape index (κ2) is 6.94. The van der Waals surface area contributed by atoms with Gasteiger partial charge in [0.1, 0.15) is 0 Å². The lowest BCUT2D eigenvalue weighted by molar-refractivity contribution is -0.123. The van der Waals surface area contributed by atoms with E-state index in [0.29, 0.717) is 23.7 Å². The molecular formula is C13H26N2OS. The van der Waals surface area contributed by atoms with Crippen LogP contribution in [0.3, 0.4) is 0 Å². The highest BCUT2D eigenvalue weighted by molar-refractivity contribution is 7.80. The van der Waals surface area contributed by atoms with Crippen molar-refractivity contribution in [1.82, 2.24) is 5.32 Å². The monoisotopic (exact) mass is 258 g/mol. The fourth-order valence-corrected chi connectivity index (χ4v) is 1.61. The normalized spacial score (nSPS) is 15.1. The van der Waals surface area contributed by atoms with Crippen molar-refractivity contribution in [2.75, 3.05) is 0 Å². The number of carbonyl (C=O) groups is 1. The molecule has 0 rings (SSSR count).